The normalized spacial score (nSPS) is 13.0. The summed E-state index contributed by atoms with van der Waals surface area (Å²) in [5.41, 5.74) is 0. The van der Waals surface area contributed by atoms with E-state index in [0.717, 1.165) is 6.04 Å². The van der Waals surface area contributed by atoms with Gasteiger partial charge in [-0.3, -0.25) is 0 Å². The first-order valence-corrected chi connectivity index (χ1v) is 7.96. The molecule has 1 unspecified atom stereocenters. The maximum Gasteiger partial charge on any atom is 0.00643 e. The van der Waals surface area contributed by atoms with Crippen LogP contribution in [-0.2, 0) is 0 Å². The summed E-state index contributed by atoms with van der Waals surface area (Å²) in [5.74, 6) is 1.33. The van der Waals surface area contributed by atoms with Crippen LogP contribution in [0.3, 0.4) is 0 Å². The van der Waals surface area contributed by atoms with Gasteiger partial charge in [0.2, 0.25) is 0 Å². The Morgan fingerprint density at radius 3 is 2.40 bits per heavy atom. The maximum atomic E-state index is 3.66. The Morgan fingerprint density at radius 2 is 1.80 bits per heavy atom. The SMILES string of the molecule is CCCC(CC)NCCCCCCSC. The van der Waals surface area contributed by atoms with E-state index in [1.807, 2.05) is 11.8 Å². The van der Waals surface area contributed by atoms with Crippen molar-refractivity contribution >= 4 is 11.8 Å². The molecule has 2 heteroatoms. The highest BCUT2D eigenvalue weighted by Crippen LogP contribution is 2.05. The van der Waals surface area contributed by atoms with Crippen LogP contribution in [-0.4, -0.2) is 24.6 Å². The zero-order valence-corrected chi connectivity index (χ0v) is 11.7. The van der Waals surface area contributed by atoms with Gasteiger partial charge in [-0.1, -0.05) is 33.1 Å². The second-order valence-electron chi connectivity index (χ2n) is 4.25. The van der Waals surface area contributed by atoms with Crippen LogP contribution in [0.4, 0.5) is 0 Å². The fourth-order valence-corrected chi connectivity index (χ4v) is 2.32. The summed E-state index contributed by atoms with van der Waals surface area (Å²) in [6.07, 6.45) is 11.7. The minimum Gasteiger partial charge on any atom is -0.314 e. The Kier molecular flexibility index (Phi) is 12.6. The molecule has 1 N–H and O–H groups in total. The average Bonchev–Trinajstić information content (AvgIpc) is 2.26. The average molecular weight is 231 g/mol. The topological polar surface area (TPSA) is 12.0 Å². The molecule has 0 radical (unpaired) electrons. The molecular weight excluding hydrogens is 202 g/mol. The molecule has 0 amide bonds. The fraction of sp³-hybridized carbons (Fsp3) is 1.00. The summed E-state index contributed by atoms with van der Waals surface area (Å²) in [6.45, 7) is 5.77. The van der Waals surface area contributed by atoms with E-state index in [-0.39, 0.29) is 0 Å². The van der Waals surface area contributed by atoms with Crippen LogP contribution in [0.1, 0.15) is 58.8 Å². The van der Waals surface area contributed by atoms with E-state index in [2.05, 4.69) is 25.4 Å². The van der Waals surface area contributed by atoms with Crippen molar-refractivity contribution in [3.05, 3.63) is 0 Å². The molecule has 0 aliphatic heterocycles. The van der Waals surface area contributed by atoms with Crippen molar-refractivity contribution < 1.29 is 0 Å². The van der Waals surface area contributed by atoms with E-state index in [1.165, 1.54) is 57.2 Å². The monoisotopic (exact) mass is 231 g/mol. The predicted molar refractivity (Wildman–Crippen MR) is 73.8 cm³/mol. The zero-order valence-electron chi connectivity index (χ0n) is 10.8. The van der Waals surface area contributed by atoms with Crippen LogP contribution in [0.2, 0.25) is 0 Å². The Balaban J connectivity index is 3.14. The predicted octanol–water partition coefficient (Wildman–Crippen LogP) is 4.08. The molecule has 0 rings (SSSR count). The molecular formula is C13H29NS. The highest BCUT2D eigenvalue weighted by atomic mass is 32.2. The number of hydrogen-bond acceptors (Lipinski definition) is 2. The van der Waals surface area contributed by atoms with Crippen LogP contribution in [0.5, 0.6) is 0 Å². The molecule has 0 heterocycles. The largest absolute Gasteiger partial charge is 0.314 e. The Bertz CT molecular complexity index is 117. The summed E-state index contributed by atoms with van der Waals surface area (Å²) in [4.78, 5) is 0. The Hall–Kier alpha value is 0.310. The summed E-state index contributed by atoms with van der Waals surface area (Å²) in [6, 6.07) is 0.765. The molecule has 92 valence electrons. The summed E-state index contributed by atoms with van der Waals surface area (Å²) in [7, 11) is 0. The van der Waals surface area contributed by atoms with E-state index < -0.39 is 0 Å². The first-order valence-electron chi connectivity index (χ1n) is 6.57. The molecule has 0 aromatic heterocycles. The van der Waals surface area contributed by atoms with Crippen molar-refractivity contribution in [3.63, 3.8) is 0 Å². The molecule has 0 saturated heterocycles. The third-order valence-electron chi connectivity index (χ3n) is 2.84. The molecule has 0 bridgehead atoms. The van der Waals surface area contributed by atoms with Crippen LogP contribution in [0.15, 0.2) is 0 Å². The first-order chi connectivity index (χ1) is 7.35. The molecule has 15 heavy (non-hydrogen) atoms. The highest BCUT2D eigenvalue weighted by Gasteiger charge is 2.02. The number of unbranched alkanes of at least 4 members (excludes halogenated alkanes) is 3. The number of nitrogens with one attached hydrogen (secondary N) is 1. The van der Waals surface area contributed by atoms with Gasteiger partial charge in [0, 0.05) is 6.04 Å². The molecule has 1 atom stereocenters. The van der Waals surface area contributed by atoms with Gasteiger partial charge < -0.3 is 5.32 Å². The smallest absolute Gasteiger partial charge is 0.00643 e. The van der Waals surface area contributed by atoms with Crippen molar-refractivity contribution in [2.75, 3.05) is 18.6 Å². The lowest BCUT2D eigenvalue weighted by Crippen LogP contribution is -2.29. The zero-order chi connectivity index (χ0) is 11.4. The van der Waals surface area contributed by atoms with Crippen molar-refractivity contribution in [3.8, 4) is 0 Å². The fourth-order valence-electron chi connectivity index (χ4n) is 1.83. The Morgan fingerprint density at radius 1 is 1.07 bits per heavy atom. The maximum absolute atomic E-state index is 3.66. The van der Waals surface area contributed by atoms with Crippen molar-refractivity contribution in [1.29, 1.82) is 0 Å². The number of hydrogen-bond donors (Lipinski definition) is 1. The van der Waals surface area contributed by atoms with E-state index >= 15 is 0 Å². The molecule has 0 fully saturated rings. The van der Waals surface area contributed by atoms with E-state index in [4.69, 9.17) is 0 Å². The summed E-state index contributed by atoms with van der Waals surface area (Å²) < 4.78 is 0. The van der Waals surface area contributed by atoms with Crippen molar-refractivity contribution in [1.82, 2.24) is 5.32 Å². The van der Waals surface area contributed by atoms with E-state index in [0.29, 0.717) is 0 Å². The first kappa shape index (κ1) is 15.3. The van der Waals surface area contributed by atoms with Gasteiger partial charge in [-0.2, -0.15) is 11.8 Å². The van der Waals surface area contributed by atoms with Gasteiger partial charge in [-0.15, -0.1) is 0 Å². The minimum atomic E-state index is 0.765. The van der Waals surface area contributed by atoms with Gasteiger partial charge in [0.1, 0.15) is 0 Å². The third-order valence-corrected chi connectivity index (χ3v) is 3.54. The van der Waals surface area contributed by atoms with Gasteiger partial charge in [0.25, 0.3) is 0 Å². The molecule has 0 spiro atoms. The van der Waals surface area contributed by atoms with Crippen LogP contribution in [0, 0.1) is 0 Å². The summed E-state index contributed by atoms with van der Waals surface area (Å²) >= 11 is 1.96. The lowest BCUT2D eigenvalue weighted by Gasteiger charge is -2.15. The van der Waals surface area contributed by atoms with Crippen LogP contribution < -0.4 is 5.32 Å². The van der Waals surface area contributed by atoms with Gasteiger partial charge in [-0.25, -0.2) is 0 Å². The lowest BCUT2D eigenvalue weighted by molar-refractivity contribution is 0.452. The van der Waals surface area contributed by atoms with Crippen molar-refractivity contribution in [2.24, 2.45) is 0 Å². The van der Waals surface area contributed by atoms with Gasteiger partial charge in [-0.05, 0) is 44.2 Å². The molecule has 0 aliphatic carbocycles. The number of rotatable bonds is 11. The lowest BCUT2D eigenvalue weighted by atomic mass is 10.1. The third kappa shape index (κ3) is 10.6. The molecule has 1 nitrogen and oxygen atoms in total. The number of thioether (sulfide) groups is 1. The van der Waals surface area contributed by atoms with Crippen LogP contribution >= 0.6 is 11.8 Å². The standard InChI is InChI=1S/C13H29NS/c1-4-10-13(5-2)14-11-8-6-7-9-12-15-3/h13-14H,4-12H2,1-3H3. The molecule has 0 aliphatic rings. The molecule has 0 aromatic carbocycles. The van der Waals surface area contributed by atoms with Gasteiger partial charge in [0.05, 0.1) is 0 Å². The quantitative estimate of drug-likeness (QED) is 0.538. The van der Waals surface area contributed by atoms with Gasteiger partial charge in [0.15, 0.2) is 0 Å². The molecule has 0 aromatic rings. The highest BCUT2D eigenvalue weighted by molar-refractivity contribution is 7.98. The minimum absolute atomic E-state index is 0.765. The van der Waals surface area contributed by atoms with E-state index in [9.17, 15) is 0 Å². The van der Waals surface area contributed by atoms with E-state index in [1.54, 1.807) is 0 Å². The van der Waals surface area contributed by atoms with Crippen molar-refractivity contribution in [2.45, 2.75) is 64.8 Å². The molecule has 0 saturated carbocycles. The summed E-state index contributed by atoms with van der Waals surface area (Å²) in [5, 5.41) is 3.66. The Labute approximate surface area is 101 Å². The van der Waals surface area contributed by atoms with Crippen LogP contribution in [0.25, 0.3) is 0 Å². The second-order valence-corrected chi connectivity index (χ2v) is 5.24. The van der Waals surface area contributed by atoms with Gasteiger partial charge >= 0.3 is 0 Å². The second kappa shape index (κ2) is 12.4.